The highest BCUT2D eigenvalue weighted by atomic mass is 16.5. The highest BCUT2D eigenvalue weighted by Crippen LogP contribution is 2.03. The minimum absolute atomic E-state index is 0.163. The average Bonchev–Trinajstić information content (AvgIpc) is 1.77. The zero-order valence-corrected chi connectivity index (χ0v) is 4.71. The van der Waals surface area contributed by atoms with Crippen LogP contribution in [0, 0.1) is 0 Å². The molecule has 0 amide bonds. The van der Waals surface area contributed by atoms with Crippen LogP contribution in [0.1, 0.15) is 6.42 Å². The van der Waals surface area contributed by atoms with Gasteiger partial charge in [-0.3, -0.25) is 0 Å². The summed E-state index contributed by atoms with van der Waals surface area (Å²) in [6, 6.07) is -0.163. The van der Waals surface area contributed by atoms with E-state index >= 15 is 0 Å². The lowest BCUT2D eigenvalue weighted by molar-refractivity contribution is -0.00319. The fourth-order valence-electron chi connectivity index (χ4n) is 0.749. The minimum atomic E-state index is -0.344. The summed E-state index contributed by atoms with van der Waals surface area (Å²) in [6.07, 6.45) is 0.338. The van der Waals surface area contributed by atoms with Crippen molar-refractivity contribution in [2.75, 3.05) is 13.2 Å². The minimum Gasteiger partial charge on any atom is -0.391 e. The van der Waals surface area contributed by atoms with Gasteiger partial charge in [0.25, 0.3) is 0 Å². The second kappa shape index (κ2) is 2.44. The Morgan fingerprint density at radius 3 is 2.75 bits per heavy atom. The summed E-state index contributed by atoms with van der Waals surface area (Å²) in [7, 11) is 0. The van der Waals surface area contributed by atoms with E-state index in [-0.39, 0.29) is 12.1 Å². The molecular weight excluding hydrogens is 106 g/mol. The summed E-state index contributed by atoms with van der Waals surface area (Å²) in [4.78, 5) is 0. The molecule has 0 aromatic rings. The molecular formula is C5H11NO2. The Morgan fingerprint density at radius 2 is 2.38 bits per heavy atom. The molecule has 3 heteroatoms. The van der Waals surface area contributed by atoms with Crippen molar-refractivity contribution < 1.29 is 9.84 Å². The first-order valence-electron chi connectivity index (χ1n) is 2.82. The summed E-state index contributed by atoms with van der Waals surface area (Å²) < 4.78 is 4.97. The predicted octanol–water partition coefficient (Wildman–Crippen LogP) is -0.905. The Kier molecular flexibility index (Phi) is 1.83. The first-order chi connectivity index (χ1) is 3.80. The number of aliphatic hydroxyl groups excluding tert-OH is 1. The molecule has 2 unspecified atom stereocenters. The van der Waals surface area contributed by atoms with Crippen LogP contribution >= 0.6 is 0 Å². The third kappa shape index (κ3) is 1.18. The van der Waals surface area contributed by atoms with Crippen LogP contribution in [0.3, 0.4) is 0 Å². The molecule has 1 aliphatic rings. The predicted molar refractivity (Wildman–Crippen MR) is 29.4 cm³/mol. The number of rotatable bonds is 0. The van der Waals surface area contributed by atoms with Crippen molar-refractivity contribution in [3.8, 4) is 0 Å². The van der Waals surface area contributed by atoms with Crippen molar-refractivity contribution in [3.05, 3.63) is 0 Å². The van der Waals surface area contributed by atoms with Crippen LogP contribution in [0.25, 0.3) is 0 Å². The molecule has 48 valence electrons. The molecule has 0 aromatic heterocycles. The Bertz CT molecular complexity index is 66.8. The molecule has 1 saturated heterocycles. The van der Waals surface area contributed by atoms with Gasteiger partial charge in [-0.1, -0.05) is 0 Å². The van der Waals surface area contributed by atoms with E-state index in [1.165, 1.54) is 0 Å². The zero-order chi connectivity index (χ0) is 5.98. The topological polar surface area (TPSA) is 55.5 Å². The fourth-order valence-corrected chi connectivity index (χ4v) is 0.749. The van der Waals surface area contributed by atoms with Gasteiger partial charge < -0.3 is 15.6 Å². The van der Waals surface area contributed by atoms with Crippen molar-refractivity contribution in [2.45, 2.75) is 18.6 Å². The van der Waals surface area contributed by atoms with Crippen LogP contribution in [0.15, 0.2) is 0 Å². The lowest BCUT2D eigenvalue weighted by atomic mass is 10.1. The number of hydrogen-bond donors (Lipinski definition) is 2. The molecule has 1 heterocycles. The van der Waals surface area contributed by atoms with Crippen LogP contribution in [0.5, 0.6) is 0 Å². The maximum Gasteiger partial charge on any atom is 0.0735 e. The van der Waals surface area contributed by atoms with Crippen LogP contribution < -0.4 is 5.73 Å². The normalized spacial score (nSPS) is 39.8. The smallest absolute Gasteiger partial charge is 0.0735 e. The van der Waals surface area contributed by atoms with Crippen molar-refractivity contribution in [1.29, 1.82) is 0 Å². The van der Waals surface area contributed by atoms with E-state index in [2.05, 4.69) is 0 Å². The lowest BCUT2D eigenvalue weighted by Gasteiger charge is -2.23. The maximum atomic E-state index is 8.97. The van der Waals surface area contributed by atoms with Gasteiger partial charge in [0.05, 0.1) is 18.8 Å². The van der Waals surface area contributed by atoms with Gasteiger partial charge in [0.2, 0.25) is 0 Å². The number of nitrogens with two attached hydrogens (primary N) is 1. The number of aliphatic hydroxyl groups is 1. The van der Waals surface area contributed by atoms with E-state index in [1.54, 1.807) is 0 Å². The molecule has 1 rings (SSSR count). The Labute approximate surface area is 48.4 Å². The SMILES string of the molecule is NC1COCCC1O. The molecule has 0 saturated carbocycles. The zero-order valence-electron chi connectivity index (χ0n) is 4.71. The van der Waals surface area contributed by atoms with Crippen molar-refractivity contribution >= 4 is 0 Å². The molecule has 0 aromatic carbocycles. The molecule has 0 bridgehead atoms. The van der Waals surface area contributed by atoms with Gasteiger partial charge in [-0.05, 0) is 6.42 Å². The van der Waals surface area contributed by atoms with Gasteiger partial charge in [-0.25, -0.2) is 0 Å². The molecule has 2 atom stereocenters. The monoisotopic (exact) mass is 117 g/mol. The molecule has 3 nitrogen and oxygen atoms in total. The summed E-state index contributed by atoms with van der Waals surface area (Å²) in [5.74, 6) is 0. The van der Waals surface area contributed by atoms with Crippen molar-refractivity contribution in [2.24, 2.45) is 5.73 Å². The summed E-state index contributed by atoms with van der Waals surface area (Å²) in [6.45, 7) is 1.15. The van der Waals surface area contributed by atoms with Gasteiger partial charge >= 0.3 is 0 Å². The Hall–Kier alpha value is -0.120. The largest absolute Gasteiger partial charge is 0.391 e. The quantitative estimate of drug-likeness (QED) is 0.432. The van der Waals surface area contributed by atoms with Gasteiger partial charge in [0.1, 0.15) is 0 Å². The molecule has 3 N–H and O–H groups in total. The average molecular weight is 117 g/mol. The molecule has 0 aliphatic carbocycles. The van der Waals surface area contributed by atoms with E-state index in [4.69, 9.17) is 15.6 Å². The van der Waals surface area contributed by atoms with Gasteiger partial charge in [0, 0.05) is 6.61 Å². The Balaban J connectivity index is 2.28. The van der Waals surface area contributed by atoms with Gasteiger partial charge in [-0.2, -0.15) is 0 Å². The maximum absolute atomic E-state index is 8.97. The third-order valence-electron chi connectivity index (χ3n) is 1.36. The fraction of sp³-hybridized carbons (Fsp3) is 1.00. The lowest BCUT2D eigenvalue weighted by Crippen LogP contribution is -2.43. The van der Waals surface area contributed by atoms with Crippen molar-refractivity contribution in [1.82, 2.24) is 0 Å². The molecule has 1 fully saturated rings. The second-order valence-corrected chi connectivity index (χ2v) is 2.09. The summed E-state index contributed by atoms with van der Waals surface area (Å²) >= 11 is 0. The van der Waals surface area contributed by atoms with Gasteiger partial charge in [-0.15, -0.1) is 0 Å². The van der Waals surface area contributed by atoms with Crippen LogP contribution in [0.4, 0.5) is 0 Å². The first-order valence-corrected chi connectivity index (χ1v) is 2.82. The molecule has 8 heavy (non-hydrogen) atoms. The number of ether oxygens (including phenoxy) is 1. The van der Waals surface area contributed by atoms with Crippen LogP contribution in [-0.2, 0) is 4.74 Å². The number of hydrogen-bond acceptors (Lipinski definition) is 3. The Morgan fingerprint density at radius 1 is 1.62 bits per heavy atom. The van der Waals surface area contributed by atoms with E-state index in [0.29, 0.717) is 19.6 Å². The van der Waals surface area contributed by atoms with E-state index in [0.717, 1.165) is 0 Å². The second-order valence-electron chi connectivity index (χ2n) is 2.09. The van der Waals surface area contributed by atoms with Crippen molar-refractivity contribution in [3.63, 3.8) is 0 Å². The highest BCUT2D eigenvalue weighted by molar-refractivity contribution is 4.74. The highest BCUT2D eigenvalue weighted by Gasteiger charge is 2.18. The molecule has 1 aliphatic heterocycles. The van der Waals surface area contributed by atoms with E-state index < -0.39 is 0 Å². The van der Waals surface area contributed by atoms with E-state index in [1.807, 2.05) is 0 Å². The van der Waals surface area contributed by atoms with E-state index in [9.17, 15) is 0 Å². The third-order valence-corrected chi connectivity index (χ3v) is 1.36. The molecule has 0 spiro atoms. The summed E-state index contributed by atoms with van der Waals surface area (Å²) in [5.41, 5.74) is 5.40. The standard InChI is InChI=1S/C5H11NO2/c6-4-3-8-2-1-5(4)7/h4-5,7H,1-3,6H2. The first kappa shape index (κ1) is 6.01. The van der Waals surface area contributed by atoms with Gasteiger partial charge in [0.15, 0.2) is 0 Å². The molecule has 0 radical (unpaired) electrons. The summed E-state index contributed by atoms with van der Waals surface area (Å²) in [5, 5.41) is 8.97. The van der Waals surface area contributed by atoms with Crippen LogP contribution in [-0.4, -0.2) is 30.5 Å². The van der Waals surface area contributed by atoms with Crippen LogP contribution in [0.2, 0.25) is 0 Å².